The van der Waals surface area contributed by atoms with Crippen molar-refractivity contribution in [2.45, 2.75) is 12.6 Å². The van der Waals surface area contributed by atoms with E-state index in [9.17, 15) is 22.8 Å². The van der Waals surface area contributed by atoms with Crippen LogP contribution in [0.4, 0.5) is 13.2 Å². The predicted octanol–water partition coefficient (Wildman–Crippen LogP) is 6.45. The van der Waals surface area contributed by atoms with Gasteiger partial charge in [0.05, 0.1) is 11.3 Å². The third-order valence-corrected chi connectivity index (χ3v) is 5.97. The van der Waals surface area contributed by atoms with Crippen LogP contribution in [0.3, 0.4) is 0 Å². The third kappa shape index (κ3) is 4.55. The Morgan fingerprint density at radius 1 is 0.917 bits per heavy atom. The summed E-state index contributed by atoms with van der Waals surface area (Å²) < 4.78 is 42.4. The van der Waals surface area contributed by atoms with Gasteiger partial charge in [-0.2, -0.15) is 13.2 Å². The summed E-state index contributed by atoms with van der Waals surface area (Å²) in [5, 5.41) is 2.52. The lowest BCUT2D eigenvalue weighted by Gasteiger charge is -2.08. The summed E-state index contributed by atoms with van der Waals surface area (Å²) in [6, 6.07) is 22.7. The minimum Gasteiger partial charge on any atom is -0.294 e. The van der Waals surface area contributed by atoms with Crippen molar-refractivity contribution in [1.82, 2.24) is 14.6 Å². The number of H-pyrrole nitrogens is 1. The zero-order chi connectivity index (χ0) is 25.4. The number of fused-ring (bicyclic) bond motifs is 1. The maximum atomic E-state index is 13.9. The summed E-state index contributed by atoms with van der Waals surface area (Å²) in [5.41, 5.74) is -0.0585. The number of nitrogens with zero attached hydrogens (tertiary/aromatic N) is 2. The highest BCUT2D eigenvalue weighted by Crippen LogP contribution is 2.38. The van der Waals surface area contributed by atoms with Gasteiger partial charge < -0.3 is 0 Å². The summed E-state index contributed by atoms with van der Waals surface area (Å²) in [4.78, 5) is 29.9. The number of aromatic amines is 1. The van der Waals surface area contributed by atoms with Crippen LogP contribution in [0.25, 0.3) is 28.0 Å². The van der Waals surface area contributed by atoms with Crippen molar-refractivity contribution in [3.63, 3.8) is 0 Å². The quantitative estimate of drug-likeness (QED) is 0.278. The maximum absolute atomic E-state index is 13.9. The van der Waals surface area contributed by atoms with Gasteiger partial charge in [-0.25, -0.2) is 9.50 Å². The first-order valence-corrected chi connectivity index (χ1v) is 11.2. The van der Waals surface area contributed by atoms with Gasteiger partial charge in [0.15, 0.2) is 11.4 Å². The van der Waals surface area contributed by atoms with E-state index in [4.69, 9.17) is 11.6 Å². The second-order valence-corrected chi connectivity index (χ2v) is 8.61. The van der Waals surface area contributed by atoms with Crippen LogP contribution in [0.1, 0.15) is 21.6 Å². The lowest BCUT2D eigenvalue weighted by molar-refractivity contribution is -0.140. The molecule has 0 spiro atoms. The number of Topliss-reactive ketones (excluding diaryl/α,β-unsaturated/α-hetero) is 1. The van der Waals surface area contributed by atoms with Crippen molar-refractivity contribution in [2.75, 3.05) is 0 Å². The molecule has 0 aliphatic rings. The number of benzene rings is 3. The minimum absolute atomic E-state index is 0.0818. The van der Waals surface area contributed by atoms with Gasteiger partial charge in [0.25, 0.3) is 5.56 Å². The molecule has 0 saturated heterocycles. The van der Waals surface area contributed by atoms with Crippen LogP contribution in [-0.2, 0) is 12.6 Å². The highest BCUT2D eigenvalue weighted by Gasteiger charge is 2.38. The number of ketones is 1. The van der Waals surface area contributed by atoms with Crippen LogP contribution < -0.4 is 5.56 Å². The third-order valence-electron chi connectivity index (χ3n) is 5.72. The Bertz CT molecular complexity index is 1640. The molecule has 0 bridgehead atoms. The number of nitrogens with one attached hydrogen (secondary N) is 1. The SMILES string of the molecule is O=C(Cc1cccc(-c2cc(=O)n3[nH]c(C(F)(F)F)c(-c4ccc(Cl)cc4)c3n2)c1)c1ccccc1. The molecule has 36 heavy (non-hydrogen) atoms. The van der Waals surface area contributed by atoms with E-state index in [1.54, 1.807) is 48.5 Å². The van der Waals surface area contributed by atoms with E-state index < -0.39 is 17.4 Å². The number of alkyl halides is 3. The molecular weight excluding hydrogens is 491 g/mol. The molecule has 5 aromatic rings. The summed E-state index contributed by atoms with van der Waals surface area (Å²) in [7, 11) is 0. The Hall–Kier alpha value is -4.17. The van der Waals surface area contributed by atoms with Crippen LogP contribution in [0, 0.1) is 0 Å². The summed E-state index contributed by atoms with van der Waals surface area (Å²) in [5.74, 6) is -0.0818. The molecule has 0 aliphatic carbocycles. The van der Waals surface area contributed by atoms with Crippen molar-refractivity contribution in [2.24, 2.45) is 0 Å². The van der Waals surface area contributed by atoms with Gasteiger partial charge in [0.2, 0.25) is 0 Å². The highest BCUT2D eigenvalue weighted by molar-refractivity contribution is 6.30. The van der Waals surface area contributed by atoms with Crippen molar-refractivity contribution >= 4 is 23.0 Å². The Morgan fingerprint density at radius 3 is 2.33 bits per heavy atom. The number of carbonyl (C=O) groups is 1. The van der Waals surface area contributed by atoms with E-state index in [-0.39, 0.29) is 34.7 Å². The van der Waals surface area contributed by atoms with Crippen LogP contribution in [-0.4, -0.2) is 20.4 Å². The molecule has 0 saturated carbocycles. The number of hydrogen-bond acceptors (Lipinski definition) is 3. The Labute approximate surface area is 207 Å². The van der Waals surface area contributed by atoms with Crippen molar-refractivity contribution < 1.29 is 18.0 Å². The number of rotatable bonds is 5. The van der Waals surface area contributed by atoms with E-state index in [0.29, 0.717) is 21.7 Å². The predicted molar refractivity (Wildman–Crippen MR) is 131 cm³/mol. The lowest BCUT2D eigenvalue weighted by Crippen LogP contribution is -2.15. The molecular formula is C27H17ClF3N3O2. The molecule has 0 fully saturated rings. The van der Waals surface area contributed by atoms with Gasteiger partial charge in [-0.1, -0.05) is 72.3 Å². The normalized spacial score (nSPS) is 11.7. The fraction of sp³-hybridized carbons (Fsp3) is 0.0741. The van der Waals surface area contributed by atoms with Crippen molar-refractivity contribution in [1.29, 1.82) is 0 Å². The van der Waals surface area contributed by atoms with E-state index in [2.05, 4.69) is 10.1 Å². The minimum atomic E-state index is -4.76. The van der Waals surface area contributed by atoms with E-state index in [1.165, 1.54) is 24.3 Å². The largest absolute Gasteiger partial charge is 0.433 e. The van der Waals surface area contributed by atoms with Gasteiger partial charge in [-0.15, -0.1) is 0 Å². The van der Waals surface area contributed by atoms with Crippen LogP contribution in [0.15, 0.2) is 89.7 Å². The molecule has 3 aromatic carbocycles. The molecule has 5 rings (SSSR count). The molecule has 1 N–H and O–H groups in total. The first kappa shape index (κ1) is 23.6. The van der Waals surface area contributed by atoms with E-state index in [1.807, 2.05) is 6.07 Å². The van der Waals surface area contributed by atoms with Gasteiger partial charge >= 0.3 is 6.18 Å². The molecule has 180 valence electrons. The summed E-state index contributed by atoms with van der Waals surface area (Å²) in [6.45, 7) is 0. The first-order chi connectivity index (χ1) is 17.2. The summed E-state index contributed by atoms with van der Waals surface area (Å²) in [6.07, 6.45) is -4.63. The van der Waals surface area contributed by atoms with Gasteiger partial charge in [0, 0.05) is 28.6 Å². The topological polar surface area (TPSA) is 67.2 Å². The molecule has 2 heterocycles. The molecule has 0 aliphatic heterocycles. The van der Waals surface area contributed by atoms with Crippen molar-refractivity contribution in [3.8, 4) is 22.4 Å². The van der Waals surface area contributed by atoms with Crippen LogP contribution in [0.2, 0.25) is 5.02 Å². The number of aromatic nitrogens is 3. The summed E-state index contributed by atoms with van der Waals surface area (Å²) >= 11 is 5.92. The van der Waals surface area contributed by atoms with Crippen LogP contribution >= 0.6 is 11.6 Å². The molecule has 9 heteroatoms. The zero-order valence-corrected chi connectivity index (χ0v) is 19.3. The Morgan fingerprint density at radius 2 is 1.64 bits per heavy atom. The monoisotopic (exact) mass is 507 g/mol. The van der Waals surface area contributed by atoms with E-state index in [0.717, 1.165) is 10.6 Å². The number of hydrogen-bond donors (Lipinski definition) is 1. The Balaban J connectivity index is 1.62. The molecule has 2 aromatic heterocycles. The second kappa shape index (κ2) is 9.13. The number of halogens is 4. The average molecular weight is 508 g/mol. The van der Waals surface area contributed by atoms with Gasteiger partial charge in [-0.3, -0.25) is 14.7 Å². The molecule has 0 atom stereocenters. The van der Waals surface area contributed by atoms with E-state index >= 15 is 0 Å². The van der Waals surface area contributed by atoms with Gasteiger partial charge in [-0.05, 0) is 29.3 Å². The molecule has 5 nitrogen and oxygen atoms in total. The van der Waals surface area contributed by atoms with Gasteiger partial charge in [0.1, 0.15) is 5.69 Å². The number of carbonyl (C=O) groups excluding carboxylic acids is 1. The zero-order valence-electron chi connectivity index (χ0n) is 18.5. The maximum Gasteiger partial charge on any atom is 0.433 e. The fourth-order valence-electron chi connectivity index (χ4n) is 4.03. The molecule has 0 unspecified atom stereocenters. The highest BCUT2D eigenvalue weighted by atomic mass is 35.5. The van der Waals surface area contributed by atoms with Crippen molar-refractivity contribution in [3.05, 3.63) is 117 Å². The first-order valence-electron chi connectivity index (χ1n) is 10.9. The second-order valence-electron chi connectivity index (χ2n) is 8.17. The average Bonchev–Trinajstić information content (AvgIpc) is 3.26. The molecule has 0 radical (unpaired) electrons. The van der Waals surface area contributed by atoms with Crippen LogP contribution in [0.5, 0.6) is 0 Å². The Kier molecular flexibility index (Phi) is 5.97. The molecule has 0 amide bonds. The standard InChI is InChI=1S/C27H17ClF3N3O2/c28-20-11-9-18(10-12-20)24-25(27(29,30)31)33-34-23(36)15-21(32-26(24)34)19-8-4-5-16(13-19)14-22(35)17-6-2-1-3-7-17/h1-13,15,33H,14H2. The fourth-order valence-corrected chi connectivity index (χ4v) is 4.16. The smallest absolute Gasteiger partial charge is 0.294 e. The lowest BCUT2D eigenvalue weighted by atomic mass is 10.0.